The average molecular weight is 175 g/mol. The van der Waals surface area contributed by atoms with Gasteiger partial charge in [0.15, 0.2) is 0 Å². The minimum atomic E-state index is -1.16. The van der Waals surface area contributed by atoms with Gasteiger partial charge in [0.25, 0.3) is 0 Å². The summed E-state index contributed by atoms with van der Waals surface area (Å²) in [5.74, 6) is -1.15. The maximum absolute atomic E-state index is 10.3. The van der Waals surface area contributed by atoms with Gasteiger partial charge in [0.2, 0.25) is 0 Å². The van der Waals surface area contributed by atoms with E-state index in [1.807, 2.05) is 0 Å². The zero-order valence-electron chi connectivity index (χ0n) is 5.33. The summed E-state index contributed by atoms with van der Waals surface area (Å²) in [4.78, 5) is 31.8. The van der Waals surface area contributed by atoms with Gasteiger partial charge in [-0.25, -0.2) is 0 Å². The molecule has 0 fully saturated rings. The molecule has 0 aliphatic carbocycles. The van der Waals surface area contributed by atoms with Crippen LogP contribution in [0.3, 0.4) is 0 Å². The van der Waals surface area contributed by atoms with E-state index in [0.29, 0.717) is 0 Å². The molecule has 1 heterocycles. The summed E-state index contributed by atoms with van der Waals surface area (Å²) >= 11 is 0. The number of nitrogens with zero attached hydrogens (tertiary/aromatic N) is 4. The zero-order valence-corrected chi connectivity index (χ0v) is 5.33. The molecular weight excluding hydrogens is 174 g/mol. The van der Waals surface area contributed by atoms with Gasteiger partial charge in [-0.3, -0.25) is 0 Å². The van der Waals surface area contributed by atoms with Crippen molar-refractivity contribution in [3.63, 3.8) is 0 Å². The van der Waals surface area contributed by atoms with Crippen molar-refractivity contribution in [3.05, 3.63) is 30.7 Å². The highest BCUT2D eigenvalue weighted by Gasteiger charge is 2.26. The molecule has 12 heavy (non-hydrogen) atoms. The first-order valence-electron chi connectivity index (χ1n) is 2.50. The minimum Gasteiger partial charge on any atom is -0.390 e. The van der Waals surface area contributed by atoms with Gasteiger partial charge < -0.3 is 20.2 Å². The van der Waals surface area contributed by atoms with Crippen LogP contribution in [0, 0.1) is 20.2 Å². The Labute approximate surface area is 62.7 Å². The second-order valence-electron chi connectivity index (χ2n) is 1.64. The number of rotatable bonds is 2. The zero-order chi connectivity index (χ0) is 9.30. The van der Waals surface area contributed by atoms with Crippen LogP contribution in [0.2, 0.25) is 0 Å². The van der Waals surface area contributed by atoms with Gasteiger partial charge in [0.05, 0.1) is 0 Å². The van der Waals surface area contributed by atoms with Crippen LogP contribution in [0.25, 0.3) is 0 Å². The molecular formula is C2HN5O5. The Morgan fingerprint density at radius 2 is 2.00 bits per heavy atom. The normalized spacial score (nSPS) is 9.67. The van der Waals surface area contributed by atoms with Crippen LogP contribution in [-0.4, -0.2) is 24.8 Å². The predicted octanol–water partition coefficient (Wildman–Crippen LogP) is -1.48. The first kappa shape index (κ1) is 7.84. The molecule has 0 atom stereocenters. The molecule has 0 aliphatic rings. The Balaban J connectivity index is 3.36. The first-order chi connectivity index (χ1) is 5.52. The van der Waals surface area contributed by atoms with Gasteiger partial charge in [-0.15, -0.1) is 0 Å². The maximum atomic E-state index is 10.3. The predicted molar refractivity (Wildman–Crippen MR) is 31.9 cm³/mol. The monoisotopic (exact) mass is 175 g/mol. The summed E-state index contributed by atoms with van der Waals surface area (Å²) in [7, 11) is 0. The molecule has 0 amide bonds. The number of hydrogen-bond acceptors (Lipinski definition) is 6. The third kappa shape index (κ3) is 1.12. The molecule has 0 aromatic carbocycles. The number of nitro groups is 2. The Morgan fingerprint density at radius 3 is 2.33 bits per heavy atom. The second kappa shape index (κ2) is 2.41. The lowest BCUT2D eigenvalue weighted by Crippen LogP contribution is -2.15. The van der Waals surface area contributed by atoms with Crippen molar-refractivity contribution in [1.29, 1.82) is 0 Å². The lowest BCUT2D eigenvalue weighted by atomic mass is 11.1. The topological polar surface area (TPSA) is 137 Å². The number of nitrogens with one attached hydrogen (secondary N) is 1. The molecule has 0 saturated heterocycles. The highest BCUT2D eigenvalue weighted by Crippen LogP contribution is 1.99. The summed E-state index contributed by atoms with van der Waals surface area (Å²) in [5.41, 5.74) is -1.14. The molecule has 64 valence electrons. The molecule has 1 aromatic rings. The molecule has 0 spiro atoms. The van der Waals surface area contributed by atoms with E-state index in [1.165, 1.54) is 5.10 Å². The van der Waals surface area contributed by atoms with Crippen molar-refractivity contribution in [2.24, 2.45) is 0 Å². The van der Waals surface area contributed by atoms with Gasteiger partial charge >= 0.3 is 11.6 Å². The van der Waals surface area contributed by atoms with Crippen molar-refractivity contribution in [3.8, 4) is 0 Å². The van der Waals surface area contributed by atoms with Gasteiger partial charge in [-0.05, 0) is 10.0 Å². The minimum absolute atomic E-state index is 0.164. The van der Waals surface area contributed by atoms with E-state index in [4.69, 9.17) is 0 Å². The Hall–Kier alpha value is -2.26. The number of aromatic nitrogens is 3. The molecule has 1 N–H and O–H groups in total. The van der Waals surface area contributed by atoms with Gasteiger partial charge in [-0.2, -0.15) is 4.79 Å². The standard InChI is InChI=1S/C2HN5O5/c8-1-3-2(6(9)10)5(4-1)7(11)12/h(H,4,8). The molecule has 1 aromatic heterocycles. The third-order valence-corrected chi connectivity index (χ3v) is 0.919. The molecule has 0 saturated carbocycles. The van der Waals surface area contributed by atoms with Crippen LogP contribution in [0.4, 0.5) is 5.95 Å². The summed E-state index contributed by atoms with van der Waals surface area (Å²) in [6.07, 6.45) is 0. The number of hydrogen-bond donors (Lipinski definition) is 1. The number of aromatic amines is 1. The van der Waals surface area contributed by atoms with E-state index in [1.54, 1.807) is 0 Å². The smallest absolute Gasteiger partial charge is 0.390 e. The first-order valence-corrected chi connectivity index (χ1v) is 2.50. The van der Waals surface area contributed by atoms with Crippen molar-refractivity contribution in [2.75, 3.05) is 0 Å². The Kier molecular flexibility index (Phi) is 1.58. The Bertz CT molecular complexity index is 352. The van der Waals surface area contributed by atoms with Crippen LogP contribution in [0.5, 0.6) is 0 Å². The quantitative estimate of drug-likeness (QED) is 0.429. The van der Waals surface area contributed by atoms with E-state index in [-0.39, 0.29) is 4.79 Å². The van der Waals surface area contributed by atoms with E-state index in [0.717, 1.165) is 0 Å². The van der Waals surface area contributed by atoms with Gasteiger partial charge in [-0.1, -0.05) is 0 Å². The van der Waals surface area contributed by atoms with E-state index in [2.05, 4.69) is 4.98 Å². The van der Waals surface area contributed by atoms with Crippen LogP contribution in [-0.2, 0) is 0 Å². The van der Waals surface area contributed by atoms with E-state index in [9.17, 15) is 25.0 Å². The van der Waals surface area contributed by atoms with Gasteiger partial charge in [0, 0.05) is 4.98 Å². The summed E-state index contributed by atoms with van der Waals surface area (Å²) < 4.78 is 0. The molecule has 1 rings (SSSR count). The molecule has 10 heteroatoms. The summed E-state index contributed by atoms with van der Waals surface area (Å²) in [6.45, 7) is 0. The van der Waals surface area contributed by atoms with E-state index < -0.39 is 21.6 Å². The maximum Gasteiger partial charge on any atom is 0.540 e. The number of H-pyrrole nitrogens is 1. The highest BCUT2D eigenvalue weighted by atomic mass is 16.7. The molecule has 0 aliphatic heterocycles. The SMILES string of the molecule is O=c1nc([N+](=O)[O-])n([N+](=O)[O-])[nH]1. The van der Waals surface area contributed by atoms with E-state index >= 15 is 0 Å². The molecule has 0 bridgehead atoms. The second-order valence-corrected chi connectivity index (χ2v) is 1.64. The van der Waals surface area contributed by atoms with Crippen LogP contribution >= 0.6 is 0 Å². The molecule has 10 nitrogen and oxygen atoms in total. The lowest BCUT2D eigenvalue weighted by molar-refractivity contribution is -0.571. The van der Waals surface area contributed by atoms with Crippen LogP contribution in [0.1, 0.15) is 0 Å². The fraction of sp³-hybridized carbons (Fsp3) is 0. The highest BCUT2D eigenvalue weighted by molar-refractivity contribution is 4.97. The van der Waals surface area contributed by atoms with Crippen LogP contribution < -0.4 is 5.69 Å². The molecule has 0 unspecified atom stereocenters. The fourth-order valence-corrected chi connectivity index (χ4v) is 0.536. The van der Waals surface area contributed by atoms with Crippen LogP contribution in [0.15, 0.2) is 4.79 Å². The Morgan fingerprint density at radius 1 is 1.42 bits per heavy atom. The third-order valence-electron chi connectivity index (χ3n) is 0.919. The summed E-state index contributed by atoms with van der Waals surface area (Å²) in [6, 6.07) is 0. The fourth-order valence-electron chi connectivity index (χ4n) is 0.536. The van der Waals surface area contributed by atoms with Crippen molar-refractivity contribution >= 4 is 5.95 Å². The van der Waals surface area contributed by atoms with Crippen molar-refractivity contribution in [1.82, 2.24) is 14.9 Å². The van der Waals surface area contributed by atoms with Crippen molar-refractivity contribution in [2.45, 2.75) is 0 Å². The lowest BCUT2D eigenvalue weighted by Gasteiger charge is -1.90. The molecule has 0 radical (unpaired) electrons. The largest absolute Gasteiger partial charge is 0.540 e. The van der Waals surface area contributed by atoms with Gasteiger partial charge in [0.1, 0.15) is 9.82 Å². The average Bonchev–Trinajstić information content (AvgIpc) is 2.31. The van der Waals surface area contributed by atoms with Crippen molar-refractivity contribution < 1.29 is 9.96 Å². The summed E-state index contributed by atoms with van der Waals surface area (Å²) in [5, 5.41) is 20.4.